The van der Waals surface area contributed by atoms with Crippen LogP contribution in [0.15, 0.2) is 42.0 Å². The third-order valence-electron chi connectivity index (χ3n) is 5.34. The molecule has 1 saturated heterocycles. The normalized spacial score (nSPS) is 36.4. The highest BCUT2D eigenvalue weighted by Crippen LogP contribution is 2.63. The Labute approximate surface area is 124 Å². The van der Waals surface area contributed by atoms with Gasteiger partial charge in [0.15, 0.2) is 0 Å². The van der Waals surface area contributed by atoms with E-state index in [0.29, 0.717) is 11.8 Å². The number of ether oxygens (including phenoxy) is 2. The van der Waals surface area contributed by atoms with Crippen molar-refractivity contribution in [1.29, 1.82) is 0 Å². The van der Waals surface area contributed by atoms with E-state index in [2.05, 4.69) is 24.3 Å². The number of benzene rings is 1. The van der Waals surface area contributed by atoms with Gasteiger partial charge in [-0.15, -0.1) is 0 Å². The lowest BCUT2D eigenvalue weighted by atomic mass is 9.79. The molecule has 2 aliphatic carbocycles. The van der Waals surface area contributed by atoms with E-state index < -0.39 is 0 Å². The van der Waals surface area contributed by atoms with Gasteiger partial charge in [0, 0.05) is 0 Å². The van der Waals surface area contributed by atoms with E-state index in [1.807, 2.05) is 12.1 Å². The zero-order valence-electron chi connectivity index (χ0n) is 12.2. The second-order valence-electron chi connectivity index (χ2n) is 6.40. The van der Waals surface area contributed by atoms with Gasteiger partial charge in [0.25, 0.3) is 0 Å². The molecular weight excluding hydrogens is 264 g/mol. The Morgan fingerprint density at radius 2 is 2.19 bits per heavy atom. The highest BCUT2D eigenvalue weighted by Gasteiger charge is 2.72. The third-order valence-corrected chi connectivity index (χ3v) is 5.34. The van der Waals surface area contributed by atoms with Gasteiger partial charge < -0.3 is 9.47 Å². The summed E-state index contributed by atoms with van der Waals surface area (Å²) in [5.41, 5.74) is 1.82. The average Bonchev–Trinajstić information content (AvgIpc) is 3.17. The SMILES string of the molecule is COC(=O)C1=CCC[C@H]2C[C@@H](Cc3ccccc3)[C@@H]3O[C@]123. The average molecular weight is 284 g/mol. The summed E-state index contributed by atoms with van der Waals surface area (Å²) in [4.78, 5) is 12.0. The summed E-state index contributed by atoms with van der Waals surface area (Å²) >= 11 is 0. The van der Waals surface area contributed by atoms with Gasteiger partial charge in [0.05, 0.1) is 18.8 Å². The number of hydrogen-bond acceptors (Lipinski definition) is 3. The number of hydrogen-bond donors (Lipinski definition) is 0. The van der Waals surface area contributed by atoms with Crippen molar-refractivity contribution >= 4 is 5.97 Å². The van der Waals surface area contributed by atoms with Crippen LogP contribution >= 0.6 is 0 Å². The molecule has 1 saturated carbocycles. The number of epoxide rings is 1. The molecule has 0 N–H and O–H groups in total. The maximum absolute atomic E-state index is 12.0. The zero-order valence-corrected chi connectivity index (χ0v) is 12.2. The summed E-state index contributed by atoms with van der Waals surface area (Å²) in [6.45, 7) is 0. The molecule has 1 aliphatic heterocycles. The molecule has 110 valence electrons. The second kappa shape index (κ2) is 4.70. The van der Waals surface area contributed by atoms with Crippen molar-refractivity contribution in [3.63, 3.8) is 0 Å². The molecule has 1 heterocycles. The van der Waals surface area contributed by atoms with Crippen LogP contribution in [0.2, 0.25) is 0 Å². The molecule has 3 nitrogen and oxygen atoms in total. The topological polar surface area (TPSA) is 38.8 Å². The van der Waals surface area contributed by atoms with Crippen LogP contribution in [0.4, 0.5) is 0 Å². The molecule has 0 bridgehead atoms. The molecule has 3 aliphatic rings. The predicted octanol–water partition coefficient (Wildman–Crippen LogP) is 2.90. The summed E-state index contributed by atoms with van der Waals surface area (Å²) in [5.74, 6) is 0.793. The Morgan fingerprint density at radius 1 is 1.38 bits per heavy atom. The third kappa shape index (κ3) is 1.87. The lowest BCUT2D eigenvalue weighted by Crippen LogP contribution is -2.32. The number of esters is 1. The summed E-state index contributed by atoms with van der Waals surface area (Å²) in [7, 11) is 1.46. The summed E-state index contributed by atoms with van der Waals surface area (Å²) < 4.78 is 11.1. The molecule has 0 radical (unpaired) electrons. The van der Waals surface area contributed by atoms with Crippen LogP contribution < -0.4 is 0 Å². The molecule has 1 spiro atoms. The van der Waals surface area contributed by atoms with Gasteiger partial charge >= 0.3 is 5.97 Å². The van der Waals surface area contributed by atoms with E-state index in [1.165, 1.54) is 12.7 Å². The van der Waals surface area contributed by atoms with Gasteiger partial charge in [0.1, 0.15) is 5.60 Å². The molecule has 21 heavy (non-hydrogen) atoms. The molecular formula is C18H20O3. The van der Waals surface area contributed by atoms with Crippen molar-refractivity contribution in [3.8, 4) is 0 Å². The molecule has 0 aromatic heterocycles. The van der Waals surface area contributed by atoms with Gasteiger partial charge in [-0.25, -0.2) is 4.79 Å². The van der Waals surface area contributed by atoms with E-state index >= 15 is 0 Å². The Kier molecular flexibility index (Phi) is 2.93. The fraction of sp³-hybridized carbons (Fsp3) is 0.500. The summed E-state index contributed by atoms with van der Waals surface area (Å²) in [6, 6.07) is 10.6. The maximum atomic E-state index is 12.0. The van der Waals surface area contributed by atoms with E-state index in [4.69, 9.17) is 9.47 Å². The van der Waals surface area contributed by atoms with Crippen LogP contribution in [-0.4, -0.2) is 24.8 Å². The lowest BCUT2D eigenvalue weighted by molar-refractivity contribution is -0.137. The Hall–Kier alpha value is -1.61. The van der Waals surface area contributed by atoms with Gasteiger partial charge in [0.2, 0.25) is 0 Å². The van der Waals surface area contributed by atoms with Gasteiger partial charge in [-0.2, -0.15) is 0 Å². The minimum Gasteiger partial charge on any atom is -0.466 e. The van der Waals surface area contributed by atoms with E-state index in [-0.39, 0.29) is 17.7 Å². The minimum atomic E-state index is -0.315. The quantitative estimate of drug-likeness (QED) is 0.633. The largest absolute Gasteiger partial charge is 0.466 e. The van der Waals surface area contributed by atoms with Crippen molar-refractivity contribution in [2.45, 2.75) is 37.4 Å². The number of allylic oxidation sites excluding steroid dienone is 1. The first-order valence-corrected chi connectivity index (χ1v) is 7.76. The van der Waals surface area contributed by atoms with Gasteiger partial charge in [-0.3, -0.25) is 0 Å². The molecule has 3 heteroatoms. The first-order valence-electron chi connectivity index (χ1n) is 7.76. The number of carbonyl (C=O) groups is 1. The monoisotopic (exact) mass is 284 g/mol. The Morgan fingerprint density at radius 3 is 2.95 bits per heavy atom. The number of methoxy groups -OCH3 is 1. The lowest BCUT2D eigenvalue weighted by Gasteiger charge is -2.26. The molecule has 0 unspecified atom stereocenters. The fourth-order valence-corrected chi connectivity index (χ4v) is 4.43. The van der Waals surface area contributed by atoms with Crippen molar-refractivity contribution in [2.75, 3.05) is 7.11 Å². The first kappa shape index (κ1) is 13.1. The van der Waals surface area contributed by atoms with Crippen molar-refractivity contribution in [3.05, 3.63) is 47.5 Å². The molecule has 4 atom stereocenters. The molecule has 1 aromatic rings. The van der Waals surface area contributed by atoms with Crippen LogP contribution in [0.25, 0.3) is 0 Å². The van der Waals surface area contributed by atoms with Crippen molar-refractivity contribution in [2.24, 2.45) is 11.8 Å². The zero-order chi connectivity index (χ0) is 14.4. The second-order valence-corrected chi connectivity index (χ2v) is 6.40. The number of rotatable bonds is 3. The van der Waals surface area contributed by atoms with Crippen LogP contribution in [0.1, 0.15) is 24.8 Å². The van der Waals surface area contributed by atoms with Gasteiger partial charge in [-0.05, 0) is 43.1 Å². The standard InChI is InChI=1S/C18H20O3/c1-20-17(19)15-9-5-8-14-11-13(16-18(14,15)21-16)10-12-6-3-2-4-7-12/h2-4,6-7,9,13-14,16H,5,8,10-11H2,1H3/t13-,14+,16+,18+/m1/s1. The molecule has 4 rings (SSSR count). The number of carbonyl (C=O) groups excluding carboxylic acids is 1. The highest BCUT2D eigenvalue weighted by molar-refractivity contribution is 5.92. The molecule has 1 aromatic carbocycles. The highest BCUT2D eigenvalue weighted by atomic mass is 16.6. The van der Waals surface area contributed by atoms with Crippen LogP contribution in [0.3, 0.4) is 0 Å². The minimum absolute atomic E-state index is 0.202. The maximum Gasteiger partial charge on any atom is 0.336 e. The van der Waals surface area contributed by atoms with Crippen molar-refractivity contribution < 1.29 is 14.3 Å². The summed E-state index contributed by atoms with van der Waals surface area (Å²) in [5, 5.41) is 0. The van der Waals surface area contributed by atoms with E-state index in [1.54, 1.807) is 0 Å². The summed E-state index contributed by atoms with van der Waals surface area (Å²) in [6.07, 6.45) is 6.53. The van der Waals surface area contributed by atoms with E-state index in [0.717, 1.165) is 31.3 Å². The molecule has 2 fully saturated rings. The molecule has 0 amide bonds. The predicted molar refractivity (Wildman–Crippen MR) is 78.7 cm³/mol. The van der Waals surface area contributed by atoms with Crippen LogP contribution in [0.5, 0.6) is 0 Å². The Balaban J connectivity index is 1.57. The first-order chi connectivity index (χ1) is 10.3. The van der Waals surface area contributed by atoms with Crippen LogP contribution in [-0.2, 0) is 20.7 Å². The van der Waals surface area contributed by atoms with Gasteiger partial charge in [-0.1, -0.05) is 36.4 Å². The van der Waals surface area contributed by atoms with E-state index in [9.17, 15) is 4.79 Å². The van der Waals surface area contributed by atoms with Crippen LogP contribution in [0, 0.1) is 11.8 Å². The Bertz CT molecular complexity index is 592. The fourth-order valence-electron chi connectivity index (χ4n) is 4.43. The smallest absolute Gasteiger partial charge is 0.336 e. The van der Waals surface area contributed by atoms with Crippen molar-refractivity contribution in [1.82, 2.24) is 0 Å².